The molecule has 9 nitrogen and oxygen atoms in total. The highest BCUT2D eigenvalue weighted by atomic mass is 16.6. The van der Waals surface area contributed by atoms with E-state index in [1.807, 2.05) is 24.3 Å². The van der Waals surface area contributed by atoms with Crippen molar-refractivity contribution in [3.05, 3.63) is 24.3 Å². The van der Waals surface area contributed by atoms with Crippen LogP contribution in [-0.4, -0.2) is 82.9 Å². The molecule has 1 N–H and O–H groups in total. The van der Waals surface area contributed by atoms with Gasteiger partial charge in [0.2, 0.25) is 5.91 Å². The lowest BCUT2D eigenvalue weighted by molar-refractivity contribution is -0.154. The number of ether oxygens (including phenoxy) is 3. The minimum atomic E-state index is -0.635. The molecule has 1 fully saturated rings. The Kier molecular flexibility index (Phi) is 8.02. The molecule has 1 aromatic carbocycles. The molecule has 0 aliphatic carbocycles. The molecule has 1 aromatic rings. The van der Waals surface area contributed by atoms with Crippen molar-refractivity contribution in [1.82, 2.24) is 4.90 Å². The third-order valence-electron chi connectivity index (χ3n) is 3.95. The SMILES string of the molecule is COCC(=O)OCC(=O)N(C)CC(=O)Nc1ccc(N2CCOCC2)cc1. The summed E-state index contributed by atoms with van der Waals surface area (Å²) in [5, 5.41) is 2.74. The first-order chi connectivity index (χ1) is 13.0. The minimum absolute atomic E-state index is 0.147. The van der Waals surface area contributed by atoms with Crippen LogP contribution < -0.4 is 10.2 Å². The molecule has 0 spiro atoms. The van der Waals surface area contributed by atoms with Gasteiger partial charge in [-0.2, -0.15) is 0 Å². The van der Waals surface area contributed by atoms with E-state index in [2.05, 4.69) is 15.0 Å². The van der Waals surface area contributed by atoms with Crippen LogP contribution in [0.15, 0.2) is 24.3 Å². The third kappa shape index (κ3) is 6.87. The number of amides is 2. The van der Waals surface area contributed by atoms with Crippen molar-refractivity contribution in [2.75, 3.05) is 70.4 Å². The summed E-state index contributed by atoms with van der Waals surface area (Å²) >= 11 is 0. The van der Waals surface area contributed by atoms with Crippen LogP contribution in [0.2, 0.25) is 0 Å². The summed E-state index contributed by atoms with van der Waals surface area (Å²) in [7, 11) is 2.82. The van der Waals surface area contributed by atoms with Crippen LogP contribution in [0.25, 0.3) is 0 Å². The van der Waals surface area contributed by atoms with Crippen molar-refractivity contribution < 1.29 is 28.6 Å². The number of morpholine rings is 1. The van der Waals surface area contributed by atoms with E-state index in [9.17, 15) is 14.4 Å². The number of methoxy groups -OCH3 is 1. The van der Waals surface area contributed by atoms with Crippen molar-refractivity contribution in [1.29, 1.82) is 0 Å². The Morgan fingerprint density at radius 2 is 1.81 bits per heavy atom. The first-order valence-electron chi connectivity index (χ1n) is 8.60. The van der Waals surface area contributed by atoms with Crippen molar-refractivity contribution in [3.63, 3.8) is 0 Å². The van der Waals surface area contributed by atoms with Gasteiger partial charge < -0.3 is 29.3 Å². The van der Waals surface area contributed by atoms with Crippen LogP contribution in [0.5, 0.6) is 0 Å². The van der Waals surface area contributed by atoms with Crippen molar-refractivity contribution in [2.45, 2.75) is 0 Å². The smallest absolute Gasteiger partial charge is 0.332 e. The van der Waals surface area contributed by atoms with Gasteiger partial charge in [0.15, 0.2) is 6.61 Å². The van der Waals surface area contributed by atoms with Gasteiger partial charge in [-0.25, -0.2) is 4.79 Å². The molecule has 1 aliphatic heterocycles. The van der Waals surface area contributed by atoms with Gasteiger partial charge in [0.25, 0.3) is 5.91 Å². The molecule has 27 heavy (non-hydrogen) atoms. The fourth-order valence-electron chi connectivity index (χ4n) is 2.49. The van der Waals surface area contributed by atoms with Crippen LogP contribution in [0.1, 0.15) is 0 Å². The molecule has 9 heteroatoms. The molecule has 2 rings (SSSR count). The molecule has 148 valence electrons. The Bertz CT molecular complexity index is 643. The average molecular weight is 379 g/mol. The highest BCUT2D eigenvalue weighted by molar-refractivity contribution is 5.94. The maximum atomic E-state index is 12.1. The number of esters is 1. The Morgan fingerprint density at radius 1 is 1.15 bits per heavy atom. The second-order valence-electron chi connectivity index (χ2n) is 6.04. The van der Waals surface area contributed by atoms with E-state index in [0.29, 0.717) is 18.9 Å². The first-order valence-corrected chi connectivity index (χ1v) is 8.60. The monoisotopic (exact) mass is 379 g/mol. The Labute approximate surface area is 158 Å². The highest BCUT2D eigenvalue weighted by Gasteiger charge is 2.16. The molecule has 0 saturated carbocycles. The van der Waals surface area contributed by atoms with Crippen LogP contribution in [0.3, 0.4) is 0 Å². The molecule has 0 bridgehead atoms. The number of carbonyl (C=O) groups is 3. The van der Waals surface area contributed by atoms with Crippen LogP contribution >= 0.6 is 0 Å². The predicted octanol–water partition coefficient (Wildman–Crippen LogP) is 0.110. The number of anilines is 2. The molecule has 1 aliphatic rings. The quantitative estimate of drug-likeness (QED) is 0.640. The second-order valence-corrected chi connectivity index (χ2v) is 6.04. The summed E-state index contributed by atoms with van der Waals surface area (Å²) in [6, 6.07) is 7.50. The average Bonchev–Trinajstić information content (AvgIpc) is 2.67. The topological polar surface area (TPSA) is 97.4 Å². The van der Waals surface area contributed by atoms with E-state index in [4.69, 9.17) is 9.47 Å². The standard InChI is InChI=1S/C18H25N3O6/c1-20(17(23)12-27-18(24)13-25-2)11-16(22)19-14-3-5-15(6-4-14)21-7-9-26-10-8-21/h3-6H,7-13H2,1-2H3,(H,19,22). The van der Waals surface area contributed by atoms with Gasteiger partial charge in [-0.05, 0) is 24.3 Å². The summed E-state index contributed by atoms with van der Waals surface area (Å²) in [5.74, 6) is -1.45. The lowest BCUT2D eigenvalue weighted by atomic mass is 10.2. The van der Waals surface area contributed by atoms with Gasteiger partial charge in [0.05, 0.1) is 19.8 Å². The van der Waals surface area contributed by atoms with Crippen molar-refractivity contribution >= 4 is 29.2 Å². The first kappa shape index (κ1) is 20.7. The Morgan fingerprint density at radius 3 is 2.44 bits per heavy atom. The Hall–Kier alpha value is -2.65. The number of likely N-dealkylation sites (N-methyl/N-ethyl adjacent to an activating group) is 1. The molecule has 0 unspecified atom stereocenters. The van der Waals surface area contributed by atoms with Gasteiger partial charge in [-0.15, -0.1) is 0 Å². The maximum absolute atomic E-state index is 12.1. The van der Waals surface area contributed by atoms with E-state index in [0.717, 1.165) is 18.8 Å². The molecule has 1 heterocycles. The van der Waals surface area contributed by atoms with E-state index in [-0.39, 0.29) is 19.1 Å². The molecular weight excluding hydrogens is 354 g/mol. The molecule has 0 aromatic heterocycles. The zero-order chi connectivity index (χ0) is 19.6. The summed E-state index contributed by atoms with van der Waals surface area (Å²) in [5.41, 5.74) is 1.71. The third-order valence-corrected chi connectivity index (χ3v) is 3.95. The van der Waals surface area contributed by atoms with Gasteiger partial charge in [-0.1, -0.05) is 0 Å². The number of hydrogen-bond donors (Lipinski definition) is 1. The number of nitrogens with one attached hydrogen (secondary N) is 1. The summed E-state index contributed by atoms with van der Waals surface area (Å²) in [6.45, 7) is 2.30. The zero-order valence-electron chi connectivity index (χ0n) is 15.6. The normalized spacial score (nSPS) is 13.8. The molecule has 2 amide bonds. The maximum Gasteiger partial charge on any atom is 0.332 e. The van der Waals surface area contributed by atoms with Crippen LogP contribution in [0, 0.1) is 0 Å². The van der Waals surface area contributed by atoms with Gasteiger partial charge in [-0.3, -0.25) is 9.59 Å². The van der Waals surface area contributed by atoms with Gasteiger partial charge in [0, 0.05) is 38.6 Å². The van der Waals surface area contributed by atoms with E-state index >= 15 is 0 Å². The lowest BCUT2D eigenvalue weighted by Crippen LogP contribution is -2.37. The molecule has 0 atom stereocenters. The minimum Gasteiger partial charge on any atom is -0.454 e. The lowest BCUT2D eigenvalue weighted by Gasteiger charge is -2.28. The number of benzene rings is 1. The van der Waals surface area contributed by atoms with Gasteiger partial charge in [0.1, 0.15) is 6.61 Å². The predicted molar refractivity (Wildman–Crippen MR) is 98.6 cm³/mol. The van der Waals surface area contributed by atoms with Crippen molar-refractivity contribution in [2.24, 2.45) is 0 Å². The summed E-state index contributed by atoms with van der Waals surface area (Å²) in [6.07, 6.45) is 0. The van der Waals surface area contributed by atoms with E-state index < -0.39 is 18.5 Å². The highest BCUT2D eigenvalue weighted by Crippen LogP contribution is 2.19. The number of rotatable bonds is 8. The van der Waals surface area contributed by atoms with E-state index in [1.165, 1.54) is 19.1 Å². The number of carbonyl (C=O) groups excluding carboxylic acids is 3. The second kappa shape index (κ2) is 10.5. The van der Waals surface area contributed by atoms with Crippen LogP contribution in [-0.2, 0) is 28.6 Å². The van der Waals surface area contributed by atoms with Gasteiger partial charge >= 0.3 is 5.97 Å². The van der Waals surface area contributed by atoms with E-state index in [1.54, 1.807) is 0 Å². The number of hydrogen-bond acceptors (Lipinski definition) is 7. The summed E-state index contributed by atoms with van der Waals surface area (Å²) in [4.78, 5) is 38.5. The van der Waals surface area contributed by atoms with Crippen molar-refractivity contribution in [3.8, 4) is 0 Å². The molecular formula is C18H25N3O6. The fourth-order valence-corrected chi connectivity index (χ4v) is 2.49. The number of nitrogens with zero attached hydrogens (tertiary/aromatic N) is 2. The Balaban J connectivity index is 1.77. The molecule has 0 radical (unpaired) electrons. The largest absolute Gasteiger partial charge is 0.454 e. The zero-order valence-corrected chi connectivity index (χ0v) is 15.6. The molecule has 1 saturated heterocycles. The fraction of sp³-hybridized carbons (Fsp3) is 0.500. The summed E-state index contributed by atoms with van der Waals surface area (Å²) < 4.78 is 14.7. The van der Waals surface area contributed by atoms with Crippen LogP contribution in [0.4, 0.5) is 11.4 Å².